The minimum absolute atomic E-state index is 0.00153. The topological polar surface area (TPSA) is 52.5 Å². The van der Waals surface area contributed by atoms with Crippen LogP contribution in [0.15, 0.2) is 12.1 Å². The van der Waals surface area contributed by atoms with Gasteiger partial charge in [-0.3, -0.25) is 0 Å². The van der Waals surface area contributed by atoms with E-state index < -0.39 is 5.82 Å². The van der Waals surface area contributed by atoms with Crippen molar-refractivity contribution in [2.75, 3.05) is 13.1 Å². The van der Waals surface area contributed by atoms with Crippen LogP contribution in [0, 0.1) is 5.82 Å². The van der Waals surface area contributed by atoms with E-state index in [1.54, 1.807) is 0 Å². The number of aromatic hydroxyl groups is 2. The zero-order chi connectivity index (χ0) is 10.8. The van der Waals surface area contributed by atoms with Crippen molar-refractivity contribution < 1.29 is 14.6 Å². The van der Waals surface area contributed by atoms with Gasteiger partial charge in [0.1, 0.15) is 5.75 Å². The summed E-state index contributed by atoms with van der Waals surface area (Å²) in [6.45, 7) is 1.64. The lowest BCUT2D eigenvalue weighted by Gasteiger charge is -2.24. The third kappa shape index (κ3) is 1.90. The average Bonchev–Trinajstić information content (AvgIpc) is 2.26. The highest BCUT2D eigenvalue weighted by atomic mass is 19.1. The van der Waals surface area contributed by atoms with Crippen molar-refractivity contribution >= 4 is 0 Å². The van der Waals surface area contributed by atoms with Gasteiger partial charge in [-0.25, -0.2) is 4.39 Å². The molecule has 82 valence electrons. The summed E-state index contributed by atoms with van der Waals surface area (Å²) in [5.74, 6) is -1.13. The highest BCUT2D eigenvalue weighted by Crippen LogP contribution is 2.37. The molecule has 0 aliphatic carbocycles. The van der Waals surface area contributed by atoms with Crippen molar-refractivity contribution in [1.82, 2.24) is 5.32 Å². The number of phenols is 2. The van der Waals surface area contributed by atoms with Crippen molar-refractivity contribution in [2.24, 2.45) is 0 Å². The molecule has 0 unspecified atom stereocenters. The second-order valence-electron chi connectivity index (χ2n) is 3.86. The molecule has 3 N–H and O–H groups in total. The van der Waals surface area contributed by atoms with E-state index in [4.69, 9.17) is 0 Å². The standard InChI is InChI=1S/C11H14FNO2/c12-11-9(15)2-1-8(14)10(11)7-3-5-13-6-4-7/h1-2,7,13-15H,3-6H2. The molecule has 1 saturated heterocycles. The number of nitrogens with one attached hydrogen (secondary N) is 1. The maximum atomic E-state index is 13.6. The Balaban J connectivity index is 2.36. The largest absolute Gasteiger partial charge is 0.508 e. The normalized spacial score (nSPS) is 17.9. The van der Waals surface area contributed by atoms with Crippen molar-refractivity contribution in [3.63, 3.8) is 0 Å². The Bertz CT molecular complexity index is 362. The smallest absolute Gasteiger partial charge is 0.171 e. The molecule has 1 fully saturated rings. The van der Waals surface area contributed by atoms with Crippen LogP contribution >= 0.6 is 0 Å². The van der Waals surface area contributed by atoms with Crippen LogP contribution in [0.25, 0.3) is 0 Å². The Morgan fingerprint density at radius 2 is 1.73 bits per heavy atom. The number of benzene rings is 1. The van der Waals surface area contributed by atoms with Crippen LogP contribution in [0.5, 0.6) is 11.5 Å². The minimum atomic E-state index is -0.679. The molecule has 4 heteroatoms. The van der Waals surface area contributed by atoms with E-state index >= 15 is 0 Å². The fourth-order valence-electron chi connectivity index (χ4n) is 2.07. The lowest BCUT2D eigenvalue weighted by atomic mass is 9.89. The summed E-state index contributed by atoms with van der Waals surface area (Å²) in [4.78, 5) is 0. The highest BCUT2D eigenvalue weighted by Gasteiger charge is 2.23. The van der Waals surface area contributed by atoms with Crippen LogP contribution in [0.3, 0.4) is 0 Å². The molecule has 15 heavy (non-hydrogen) atoms. The predicted molar refractivity (Wildman–Crippen MR) is 54.6 cm³/mol. The maximum absolute atomic E-state index is 13.6. The average molecular weight is 211 g/mol. The second kappa shape index (κ2) is 4.06. The SMILES string of the molecule is Oc1ccc(O)c(C2CCNCC2)c1F. The van der Waals surface area contributed by atoms with E-state index in [1.807, 2.05) is 0 Å². The first-order chi connectivity index (χ1) is 7.20. The molecule has 0 spiro atoms. The van der Waals surface area contributed by atoms with Crippen LogP contribution in [0.4, 0.5) is 4.39 Å². The van der Waals surface area contributed by atoms with Crippen LogP contribution in [-0.4, -0.2) is 23.3 Å². The van der Waals surface area contributed by atoms with E-state index in [0.717, 1.165) is 25.9 Å². The first kappa shape index (κ1) is 10.2. The molecule has 0 amide bonds. The van der Waals surface area contributed by atoms with Gasteiger partial charge in [-0.2, -0.15) is 0 Å². The summed E-state index contributed by atoms with van der Waals surface area (Å²) in [5, 5.41) is 22.0. The Hall–Kier alpha value is -1.29. The summed E-state index contributed by atoms with van der Waals surface area (Å²) >= 11 is 0. The van der Waals surface area contributed by atoms with E-state index in [9.17, 15) is 14.6 Å². The van der Waals surface area contributed by atoms with Gasteiger partial charge in [0.2, 0.25) is 0 Å². The molecular formula is C11H14FNO2. The zero-order valence-electron chi connectivity index (χ0n) is 8.33. The summed E-state index contributed by atoms with van der Waals surface area (Å²) in [5.41, 5.74) is 0.261. The third-order valence-corrected chi connectivity index (χ3v) is 2.88. The Morgan fingerprint density at radius 1 is 1.13 bits per heavy atom. The summed E-state index contributed by atoms with van der Waals surface area (Å²) in [6, 6.07) is 2.52. The monoisotopic (exact) mass is 211 g/mol. The van der Waals surface area contributed by atoms with Crippen molar-refractivity contribution in [3.05, 3.63) is 23.5 Å². The van der Waals surface area contributed by atoms with Crippen LogP contribution in [-0.2, 0) is 0 Å². The number of hydrogen-bond donors (Lipinski definition) is 3. The molecule has 1 aromatic carbocycles. The summed E-state index contributed by atoms with van der Waals surface area (Å²) in [6.07, 6.45) is 1.57. The van der Waals surface area contributed by atoms with Gasteiger partial charge in [-0.05, 0) is 44.0 Å². The molecule has 1 heterocycles. The van der Waals surface area contributed by atoms with Gasteiger partial charge in [0, 0.05) is 5.56 Å². The summed E-state index contributed by atoms with van der Waals surface area (Å²) in [7, 11) is 0. The molecule has 3 nitrogen and oxygen atoms in total. The van der Waals surface area contributed by atoms with E-state index in [-0.39, 0.29) is 23.0 Å². The predicted octanol–water partition coefficient (Wildman–Crippen LogP) is 1.70. The van der Waals surface area contributed by atoms with Gasteiger partial charge < -0.3 is 15.5 Å². The lowest BCUT2D eigenvalue weighted by molar-refractivity contribution is 0.385. The molecule has 0 atom stereocenters. The van der Waals surface area contributed by atoms with Crippen molar-refractivity contribution in [1.29, 1.82) is 0 Å². The molecule has 0 radical (unpaired) electrons. The number of phenolic OH excluding ortho intramolecular Hbond substituents is 2. The molecule has 1 aliphatic rings. The van der Waals surface area contributed by atoms with Gasteiger partial charge in [-0.1, -0.05) is 0 Å². The maximum Gasteiger partial charge on any atom is 0.171 e. The van der Waals surface area contributed by atoms with Gasteiger partial charge in [0.05, 0.1) is 0 Å². The van der Waals surface area contributed by atoms with Gasteiger partial charge in [0.15, 0.2) is 11.6 Å². The molecule has 1 aliphatic heterocycles. The second-order valence-corrected chi connectivity index (χ2v) is 3.86. The van der Waals surface area contributed by atoms with Crippen LogP contribution in [0.2, 0.25) is 0 Å². The quantitative estimate of drug-likeness (QED) is 0.620. The molecule has 1 aromatic rings. The molecule has 0 aromatic heterocycles. The number of halogens is 1. The first-order valence-corrected chi connectivity index (χ1v) is 5.11. The Labute approximate surface area is 87.6 Å². The van der Waals surface area contributed by atoms with E-state index in [1.165, 1.54) is 12.1 Å². The summed E-state index contributed by atoms with van der Waals surface area (Å²) < 4.78 is 13.6. The van der Waals surface area contributed by atoms with Crippen molar-refractivity contribution in [2.45, 2.75) is 18.8 Å². The fraction of sp³-hybridized carbons (Fsp3) is 0.455. The zero-order valence-corrected chi connectivity index (χ0v) is 8.33. The van der Waals surface area contributed by atoms with Crippen LogP contribution < -0.4 is 5.32 Å². The minimum Gasteiger partial charge on any atom is -0.508 e. The number of piperidine rings is 1. The van der Waals surface area contributed by atoms with E-state index in [0.29, 0.717) is 0 Å². The van der Waals surface area contributed by atoms with Gasteiger partial charge in [0.25, 0.3) is 0 Å². The Kier molecular flexibility index (Phi) is 2.77. The number of hydrogen-bond acceptors (Lipinski definition) is 3. The molecule has 0 bridgehead atoms. The fourth-order valence-corrected chi connectivity index (χ4v) is 2.07. The third-order valence-electron chi connectivity index (χ3n) is 2.88. The first-order valence-electron chi connectivity index (χ1n) is 5.11. The molecular weight excluding hydrogens is 197 g/mol. The lowest BCUT2D eigenvalue weighted by Crippen LogP contribution is -2.27. The van der Waals surface area contributed by atoms with Gasteiger partial charge in [-0.15, -0.1) is 0 Å². The molecule has 0 saturated carbocycles. The van der Waals surface area contributed by atoms with Crippen molar-refractivity contribution in [3.8, 4) is 11.5 Å². The number of rotatable bonds is 1. The Morgan fingerprint density at radius 3 is 2.40 bits per heavy atom. The highest BCUT2D eigenvalue weighted by molar-refractivity contribution is 5.42. The van der Waals surface area contributed by atoms with E-state index in [2.05, 4.69) is 5.32 Å². The van der Waals surface area contributed by atoms with Crippen LogP contribution in [0.1, 0.15) is 24.3 Å². The van der Waals surface area contributed by atoms with Gasteiger partial charge >= 0.3 is 0 Å². The molecule has 2 rings (SSSR count).